The van der Waals surface area contributed by atoms with Gasteiger partial charge < -0.3 is 10.2 Å². The molecule has 0 aliphatic carbocycles. The highest BCUT2D eigenvalue weighted by Gasteiger charge is 2.10. The van der Waals surface area contributed by atoms with Crippen LogP contribution in [0.4, 0.5) is 0 Å². The summed E-state index contributed by atoms with van der Waals surface area (Å²) >= 11 is 0. The van der Waals surface area contributed by atoms with Gasteiger partial charge in [0.1, 0.15) is 0 Å². The van der Waals surface area contributed by atoms with Crippen molar-refractivity contribution in [1.29, 1.82) is 0 Å². The number of aryl methyl sites for hydroxylation is 1. The summed E-state index contributed by atoms with van der Waals surface area (Å²) < 4.78 is 1.86. The lowest BCUT2D eigenvalue weighted by Crippen LogP contribution is -2.01. The maximum atomic E-state index is 9.16. The Morgan fingerprint density at radius 2 is 1.62 bits per heavy atom. The third-order valence-electron chi connectivity index (χ3n) is 3.34. The van der Waals surface area contributed by atoms with Crippen LogP contribution in [0.5, 0.6) is 0 Å². The maximum Gasteiger partial charge on any atom is 0.178 e. The monoisotopic (exact) mass is 280 g/mol. The number of aromatic nitrogens is 2. The molecule has 0 atom stereocenters. The van der Waals surface area contributed by atoms with Crippen molar-refractivity contribution < 1.29 is 10.2 Å². The highest BCUT2D eigenvalue weighted by Crippen LogP contribution is 2.24. The molecule has 0 amide bonds. The molecule has 0 aliphatic heterocycles. The second-order valence-electron chi connectivity index (χ2n) is 4.91. The van der Waals surface area contributed by atoms with Gasteiger partial charge in [-0.15, -0.1) is 0 Å². The van der Waals surface area contributed by atoms with Gasteiger partial charge in [-0.3, -0.25) is 0 Å². The van der Waals surface area contributed by atoms with Crippen LogP contribution in [0.1, 0.15) is 17.5 Å². The van der Waals surface area contributed by atoms with Gasteiger partial charge in [0.2, 0.25) is 0 Å². The number of hydrogen-bond acceptors (Lipinski definition) is 3. The van der Waals surface area contributed by atoms with Crippen LogP contribution >= 0.6 is 0 Å². The van der Waals surface area contributed by atoms with Crippen LogP contribution < -0.4 is 0 Å². The average Bonchev–Trinajstić information content (AvgIpc) is 2.90. The average molecular weight is 280 g/mol. The Morgan fingerprint density at radius 3 is 2.24 bits per heavy atom. The molecule has 0 radical (unpaired) electrons. The molecule has 0 bridgehead atoms. The molecule has 106 valence electrons. The molecule has 1 heterocycles. The van der Waals surface area contributed by atoms with Crippen LogP contribution in [0.2, 0.25) is 0 Å². The van der Waals surface area contributed by atoms with Crippen molar-refractivity contribution in [2.75, 3.05) is 0 Å². The topological polar surface area (TPSA) is 58.3 Å². The number of hydrogen-bond donors (Lipinski definition) is 2. The molecule has 0 fully saturated rings. The fourth-order valence-corrected chi connectivity index (χ4v) is 2.30. The first kappa shape index (κ1) is 13.5. The lowest BCUT2D eigenvalue weighted by molar-refractivity contribution is -0.0424. The summed E-state index contributed by atoms with van der Waals surface area (Å²) in [7, 11) is 0. The van der Waals surface area contributed by atoms with E-state index < -0.39 is 6.29 Å². The molecule has 21 heavy (non-hydrogen) atoms. The summed E-state index contributed by atoms with van der Waals surface area (Å²) in [4.78, 5) is 0. The SMILES string of the molecule is Cc1cc(-c2ccccc2)n(-c2ccc(C(O)O)cc2)n1. The molecule has 3 aromatic rings. The van der Waals surface area contributed by atoms with E-state index in [9.17, 15) is 0 Å². The van der Waals surface area contributed by atoms with Crippen molar-refractivity contribution in [1.82, 2.24) is 9.78 Å². The van der Waals surface area contributed by atoms with Gasteiger partial charge in [-0.05, 0) is 25.1 Å². The highest BCUT2D eigenvalue weighted by atomic mass is 16.5. The molecule has 0 unspecified atom stereocenters. The zero-order valence-electron chi connectivity index (χ0n) is 11.6. The molecule has 0 spiro atoms. The van der Waals surface area contributed by atoms with Crippen molar-refractivity contribution in [3.63, 3.8) is 0 Å². The molecule has 2 aromatic carbocycles. The van der Waals surface area contributed by atoms with Gasteiger partial charge in [-0.1, -0.05) is 42.5 Å². The van der Waals surface area contributed by atoms with Crippen LogP contribution in [-0.4, -0.2) is 20.0 Å². The fourth-order valence-electron chi connectivity index (χ4n) is 2.30. The molecule has 0 saturated carbocycles. The molecule has 0 saturated heterocycles. The second kappa shape index (κ2) is 5.52. The Bertz CT molecular complexity index is 731. The Balaban J connectivity index is 2.07. The maximum absolute atomic E-state index is 9.16. The van der Waals surface area contributed by atoms with Crippen LogP contribution in [0.3, 0.4) is 0 Å². The van der Waals surface area contributed by atoms with E-state index in [1.54, 1.807) is 12.1 Å². The summed E-state index contributed by atoms with van der Waals surface area (Å²) in [6, 6.07) is 19.1. The van der Waals surface area contributed by atoms with Crippen LogP contribution in [0, 0.1) is 6.92 Å². The van der Waals surface area contributed by atoms with Gasteiger partial charge in [0.15, 0.2) is 6.29 Å². The van der Waals surface area contributed by atoms with Crippen molar-refractivity contribution >= 4 is 0 Å². The van der Waals surface area contributed by atoms with Gasteiger partial charge in [-0.2, -0.15) is 5.10 Å². The van der Waals surface area contributed by atoms with E-state index in [1.807, 2.05) is 60.1 Å². The Labute approximate surface area is 122 Å². The standard InChI is InChI=1S/C17H16N2O2/c1-12-11-16(13-5-3-2-4-6-13)19(18-12)15-9-7-14(8-10-15)17(20)21/h2-11,17,20-21H,1H3. The Morgan fingerprint density at radius 1 is 0.952 bits per heavy atom. The number of nitrogens with zero attached hydrogens (tertiary/aromatic N) is 2. The van der Waals surface area contributed by atoms with Gasteiger partial charge in [0.05, 0.1) is 17.1 Å². The lowest BCUT2D eigenvalue weighted by atomic mass is 10.1. The zero-order valence-corrected chi connectivity index (χ0v) is 11.6. The molecular weight excluding hydrogens is 264 g/mol. The quantitative estimate of drug-likeness (QED) is 0.725. The minimum atomic E-state index is -1.45. The van der Waals surface area contributed by atoms with Gasteiger partial charge in [-0.25, -0.2) is 4.68 Å². The Hall–Kier alpha value is -2.43. The lowest BCUT2D eigenvalue weighted by Gasteiger charge is -2.09. The van der Waals surface area contributed by atoms with Gasteiger partial charge in [0, 0.05) is 11.1 Å². The van der Waals surface area contributed by atoms with Gasteiger partial charge >= 0.3 is 0 Å². The molecule has 0 aliphatic rings. The number of aliphatic hydroxyl groups is 2. The van der Waals surface area contributed by atoms with Crippen LogP contribution in [0.15, 0.2) is 60.7 Å². The minimum Gasteiger partial charge on any atom is -0.364 e. The second-order valence-corrected chi connectivity index (χ2v) is 4.91. The largest absolute Gasteiger partial charge is 0.364 e. The first-order valence-corrected chi connectivity index (χ1v) is 6.74. The molecule has 1 aromatic heterocycles. The van der Waals surface area contributed by atoms with E-state index in [2.05, 4.69) is 5.10 Å². The van der Waals surface area contributed by atoms with Crippen molar-refractivity contribution in [3.8, 4) is 16.9 Å². The fraction of sp³-hybridized carbons (Fsp3) is 0.118. The summed E-state index contributed by atoms with van der Waals surface area (Å²) in [5.41, 5.74) is 4.37. The third kappa shape index (κ3) is 2.72. The smallest absolute Gasteiger partial charge is 0.178 e. The third-order valence-corrected chi connectivity index (χ3v) is 3.34. The van der Waals surface area contributed by atoms with Crippen molar-refractivity contribution in [2.45, 2.75) is 13.2 Å². The summed E-state index contributed by atoms with van der Waals surface area (Å²) in [6.45, 7) is 1.95. The van der Waals surface area contributed by atoms with Crippen LogP contribution in [-0.2, 0) is 0 Å². The number of aliphatic hydroxyl groups excluding tert-OH is 1. The van der Waals surface area contributed by atoms with Gasteiger partial charge in [0.25, 0.3) is 0 Å². The molecule has 3 rings (SSSR count). The predicted octanol–water partition coefficient (Wildman–Crippen LogP) is 2.83. The van der Waals surface area contributed by atoms with Crippen LogP contribution in [0.25, 0.3) is 16.9 Å². The van der Waals surface area contributed by atoms with E-state index in [-0.39, 0.29) is 0 Å². The first-order chi connectivity index (χ1) is 10.1. The van der Waals surface area contributed by atoms with E-state index in [0.29, 0.717) is 5.56 Å². The highest BCUT2D eigenvalue weighted by molar-refractivity contribution is 5.62. The zero-order chi connectivity index (χ0) is 14.8. The number of rotatable bonds is 3. The minimum absolute atomic E-state index is 0.462. The van der Waals surface area contributed by atoms with Crippen molar-refractivity contribution in [2.24, 2.45) is 0 Å². The molecule has 2 N–H and O–H groups in total. The predicted molar refractivity (Wildman–Crippen MR) is 80.9 cm³/mol. The normalized spacial score (nSPS) is 11.0. The van der Waals surface area contributed by atoms with E-state index in [4.69, 9.17) is 10.2 Å². The summed E-state index contributed by atoms with van der Waals surface area (Å²) in [6.07, 6.45) is -1.45. The summed E-state index contributed by atoms with van der Waals surface area (Å²) in [5, 5.41) is 22.8. The van der Waals surface area contributed by atoms with E-state index >= 15 is 0 Å². The number of benzene rings is 2. The summed E-state index contributed by atoms with van der Waals surface area (Å²) in [5.74, 6) is 0. The first-order valence-electron chi connectivity index (χ1n) is 6.74. The Kier molecular flexibility index (Phi) is 3.56. The molecule has 4 heteroatoms. The molecule has 4 nitrogen and oxygen atoms in total. The molecular formula is C17H16N2O2. The van der Waals surface area contributed by atoms with Crippen molar-refractivity contribution in [3.05, 3.63) is 71.9 Å². The van der Waals surface area contributed by atoms with E-state index in [1.165, 1.54) is 0 Å². The van der Waals surface area contributed by atoms with E-state index in [0.717, 1.165) is 22.6 Å².